The zero-order valence-corrected chi connectivity index (χ0v) is 15.5. The number of esters is 1. The Morgan fingerprint density at radius 1 is 1.32 bits per heavy atom. The Labute approximate surface area is 153 Å². The van der Waals surface area contributed by atoms with Gasteiger partial charge in [-0.3, -0.25) is 14.2 Å². The highest BCUT2D eigenvalue weighted by molar-refractivity contribution is 7.19. The first-order valence-electron chi connectivity index (χ1n) is 7.91. The van der Waals surface area contributed by atoms with Gasteiger partial charge < -0.3 is 4.74 Å². The van der Waals surface area contributed by atoms with E-state index in [1.165, 1.54) is 22.2 Å². The van der Waals surface area contributed by atoms with Gasteiger partial charge in [-0.1, -0.05) is 30.7 Å². The lowest BCUT2D eigenvalue weighted by atomic mass is 10.0. The van der Waals surface area contributed by atoms with Gasteiger partial charge in [0.2, 0.25) is 0 Å². The Kier molecular flexibility index (Phi) is 5.20. The Hall–Kier alpha value is -2.18. The minimum atomic E-state index is -0.440. The van der Waals surface area contributed by atoms with Crippen molar-refractivity contribution in [2.24, 2.45) is 0 Å². The SMILES string of the molecule is CCCOC(=O)Cn1cnc2sc(C)c(-c3ccc(Cl)cc3)c2c1=O. The minimum Gasteiger partial charge on any atom is -0.464 e. The van der Waals surface area contributed by atoms with Gasteiger partial charge in [0.15, 0.2) is 0 Å². The van der Waals surface area contributed by atoms with Crippen LogP contribution in [0.2, 0.25) is 5.02 Å². The van der Waals surface area contributed by atoms with Crippen molar-refractivity contribution >= 4 is 39.1 Å². The van der Waals surface area contributed by atoms with Crippen molar-refractivity contribution < 1.29 is 9.53 Å². The Balaban J connectivity index is 2.08. The molecular weight excluding hydrogens is 360 g/mol. The maximum absolute atomic E-state index is 12.9. The summed E-state index contributed by atoms with van der Waals surface area (Å²) < 4.78 is 6.35. The number of ether oxygens (including phenoxy) is 1. The van der Waals surface area contributed by atoms with E-state index in [2.05, 4.69) is 4.98 Å². The second kappa shape index (κ2) is 7.37. The highest BCUT2D eigenvalue weighted by atomic mass is 35.5. The van der Waals surface area contributed by atoms with Crippen molar-refractivity contribution in [2.75, 3.05) is 6.61 Å². The molecule has 25 heavy (non-hydrogen) atoms. The first kappa shape index (κ1) is 17.6. The fraction of sp³-hybridized carbons (Fsp3) is 0.278. The van der Waals surface area contributed by atoms with Crippen LogP contribution in [0, 0.1) is 6.92 Å². The monoisotopic (exact) mass is 376 g/mol. The molecule has 3 rings (SSSR count). The van der Waals surface area contributed by atoms with Gasteiger partial charge in [0.1, 0.15) is 11.4 Å². The Morgan fingerprint density at radius 2 is 2.04 bits per heavy atom. The molecule has 7 heteroatoms. The molecule has 0 aliphatic heterocycles. The van der Waals surface area contributed by atoms with E-state index >= 15 is 0 Å². The molecule has 3 aromatic rings. The van der Waals surface area contributed by atoms with Gasteiger partial charge in [0.25, 0.3) is 5.56 Å². The molecule has 0 spiro atoms. The molecule has 0 atom stereocenters. The van der Waals surface area contributed by atoms with Gasteiger partial charge >= 0.3 is 5.97 Å². The summed E-state index contributed by atoms with van der Waals surface area (Å²) in [6.07, 6.45) is 2.14. The molecule has 1 aromatic carbocycles. The summed E-state index contributed by atoms with van der Waals surface area (Å²) in [5.41, 5.74) is 1.50. The predicted molar refractivity (Wildman–Crippen MR) is 100 cm³/mol. The number of rotatable bonds is 5. The van der Waals surface area contributed by atoms with Crippen molar-refractivity contribution in [3.63, 3.8) is 0 Å². The summed E-state index contributed by atoms with van der Waals surface area (Å²) >= 11 is 7.42. The van der Waals surface area contributed by atoms with Crippen molar-refractivity contribution in [1.29, 1.82) is 0 Å². The van der Waals surface area contributed by atoms with Crippen LogP contribution in [0.15, 0.2) is 35.4 Å². The van der Waals surface area contributed by atoms with Gasteiger partial charge in [-0.25, -0.2) is 4.98 Å². The summed E-state index contributed by atoms with van der Waals surface area (Å²) in [7, 11) is 0. The maximum atomic E-state index is 12.9. The number of fused-ring (bicyclic) bond motifs is 1. The summed E-state index contributed by atoms with van der Waals surface area (Å²) in [6, 6.07) is 7.33. The molecule has 0 saturated heterocycles. The molecule has 0 N–H and O–H groups in total. The maximum Gasteiger partial charge on any atom is 0.326 e. The predicted octanol–water partition coefficient (Wildman–Crippen LogP) is 4.04. The van der Waals surface area contributed by atoms with Crippen molar-refractivity contribution in [3.8, 4) is 11.1 Å². The molecule has 5 nitrogen and oxygen atoms in total. The van der Waals surface area contributed by atoms with Crippen molar-refractivity contribution in [2.45, 2.75) is 26.8 Å². The van der Waals surface area contributed by atoms with Crippen LogP contribution in [-0.4, -0.2) is 22.1 Å². The van der Waals surface area contributed by atoms with E-state index in [4.69, 9.17) is 16.3 Å². The van der Waals surface area contributed by atoms with Crippen molar-refractivity contribution in [1.82, 2.24) is 9.55 Å². The second-order valence-electron chi connectivity index (χ2n) is 5.62. The zero-order valence-electron chi connectivity index (χ0n) is 13.9. The normalized spacial score (nSPS) is 11.0. The van der Waals surface area contributed by atoms with E-state index in [9.17, 15) is 9.59 Å². The third kappa shape index (κ3) is 3.60. The topological polar surface area (TPSA) is 61.2 Å². The van der Waals surface area contributed by atoms with Crippen LogP contribution in [0.4, 0.5) is 0 Å². The molecule has 0 radical (unpaired) electrons. The number of benzene rings is 1. The van der Waals surface area contributed by atoms with Crippen LogP contribution >= 0.6 is 22.9 Å². The minimum absolute atomic E-state index is 0.142. The number of aryl methyl sites for hydroxylation is 1. The van der Waals surface area contributed by atoms with E-state index in [0.717, 1.165) is 22.4 Å². The molecule has 130 valence electrons. The van der Waals surface area contributed by atoms with Crippen LogP contribution in [0.1, 0.15) is 18.2 Å². The van der Waals surface area contributed by atoms with E-state index < -0.39 is 5.97 Å². The lowest BCUT2D eigenvalue weighted by molar-refractivity contribution is -0.144. The largest absolute Gasteiger partial charge is 0.464 e. The summed E-state index contributed by atoms with van der Waals surface area (Å²) in [6.45, 7) is 4.07. The number of thiophene rings is 1. The number of nitrogens with zero attached hydrogens (tertiary/aromatic N) is 2. The zero-order chi connectivity index (χ0) is 18.0. The molecule has 0 unspecified atom stereocenters. The van der Waals surface area contributed by atoms with Gasteiger partial charge in [0, 0.05) is 15.5 Å². The molecule has 0 fully saturated rings. The Morgan fingerprint density at radius 3 is 2.72 bits per heavy atom. The van der Waals surface area contributed by atoms with E-state index in [1.54, 1.807) is 12.1 Å². The highest BCUT2D eigenvalue weighted by Gasteiger charge is 2.18. The number of hydrogen-bond acceptors (Lipinski definition) is 5. The summed E-state index contributed by atoms with van der Waals surface area (Å²) in [5.74, 6) is -0.440. The smallest absolute Gasteiger partial charge is 0.326 e. The molecule has 2 aromatic heterocycles. The molecule has 0 bridgehead atoms. The van der Waals surface area contributed by atoms with Gasteiger partial charge in [-0.15, -0.1) is 11.3 Å². The first-order valence-corrected chi connectivity index (χ1v) is 9.10. The van der Waals surface area contributed by atoms with Gasteiger partial charge in [-0.2, -0.15) is 0 Å². The highest BCUT2D eigenvalue weighted by Crippen LogP contribution is 2.35. The van der Waals surface area contributed by atoms with Crippen LogP contribution in [-0.2, 0) is 16.1 Å². The van der Waals surface area contributed by atoms with Gasteiger partial charge in [0.05, 0.1) is 18.3 Å². The van der Waals surface area contributed by atoms with Gasteiger partial charge in [-0.05, 0) is 31.0 Å². The third-order valence-corrected chi connectivity index (χ3v) is 5.02. The van der Waals surface area contributed by atoms with Crippen molar-refractivity contribution in [3.05, 3.63) is 50.8 Å². The average molecular weight is 377 g/mol. The number of carbonyl (C=O) groups is 1. The number of halogens is 1. The summed E-state index contributed by atoms with van der Waals surface area (Å²) in [4.78, 5) is 30.7. The lowest BCUT2D eigenvalue weighted by Crippen LogP contribution is -2.25. The third-order valence-electron chi connectivity index (χ3n) is 3.75. The van der Waals surface area contributed by atoms with E-state index in [-0.39, 0.29) is 12.1 Å². The number of hydrogen-bond donors (Lipinski definition) is 0. The van der Waals surface area contributed by atoms with Crippen LogP contribution in [0.5, 0.6) is 0 Å². The second-order valence-corrected chi connectivity index (χ2v) is 7.26. The standard InChI is InChI=1S/C18H17ClN2O3S/c1-3-8-24-14(22)9-21-10-20-17-16(18(21)23)15(11(2)25-17)12-4-6-13(19)7-5-12/h4-7,10H,3,8-9H2,1-2H3. The lowest BCUT2D eigenvalue weighted by Gasteiger charge is -2.07. The Bertz CT molecular complexity index is 976. The fourth-order valence-corrected chi connectivity index (χ4v) is 3.74. The number of aromatic nitrogens is 2. The average Bonchev–Trinajstić information content (AvgIpc) is 2.93. The first-order chi connectivity index (χ1) is 12.0. The van der Waals surface area contributed by atoms with Crippen LogP contribution in [0.3, 0.4) is 0 Å². The quantitative estimate of drug-likeness (QED) is 0.630. The van der Waals surface area contributed by atoms with E-state index in [0.29, 0.717) is 21.8 Å². The molecule has 2 heterocycles. The molecule has 0 saturated carbocycles. The van der Waals surface area contributed by atoms with Crippen LogP contribution < -0.4 is 5.56 Å². The summed E-state index contributed by atoms with van der Waals surface area (Å²) in [5, 5.41) is 1.16. The number of carbonyl (C=O) groups excluding carboxylic acids is 1. The molecule has 0 aliphatic carbocycles. The van der Waals surface area contributed by atoms with Crippen LogP contribution in [0.25, 0.3) is 21.3 Å². The molecule has 0 amide bonds. The fourth-order valence-electron chi connectivity index (χ4n) is 2.61. The van der Waals surface area contributed by atoms with E-state index in [1.807, 2.05) is 26.0 Å². The molecular formula is C18H17ClN2O3S. The molecule has 0 aliphatic rings.